The van der Waals surface area contributed by atoms with Gasteiger partial charge in [0.1, 0.15) is 29.2 Å². The van der Waals surface area contributed by atoms with Crippen molar-refractivity contribution in [3.05, 3.63) is 81.6 Å². The molecule has 0 radical (unpaired) electrons. The average Bonchev–Trinajstić information content (AvgIpc) is 3.16. The molecule has 0 aliphatic carbocycles. The second-order valence-electron chi connectivity index (χ2n) is 6.74. The molecule has 1 aliphatic rings. The fraction of sp³-hybridized carbons (Fsp3) is 0.136. The Kier molecular flexibility index (Phi) is 5.29. The third-order valence-electron chi connectivity index (χ3n) is 4.93. The van der Waals surface area contributed by atoms with E-state index in [1.54, 1.807) is 23.9 Å². The zero-order valence-electron chi connectivity index (χ0n) is 16.3. The number of amides is 1. The number of para-hydroxylation sites is 2. The van der Waals surface area contributed by atoms with E-state index in [0.29, 0.717) is 34.1 Å². The van der Waals surface area contributed by atoms with Crippen LogP contribution in [0.25, 0.3) is 0 Å². The first-order valence-corrected chi connectivity index (χ1v) is 9.98. The second kappa shape index (κ2) is 8.05. The summed E-state index contributed by atoms with van der Waals surface area (Å²) in [6.07, 6.45) is 1.50. The van der Waals surface area contributed by atoms with E-state index >= 15 is 0 Å². The van der Waals surface area contributed by atoms with Crippen molar-refractivity contribution in [1.29, 1.82) is 5.26 Å². The highest BCUT2D eigenvalue weighted by atomic mass is 79.9. The van der Waals surface area contributed by atoms with Crippen LogP contribution in [-0.2, 0) is 4.79 Å². The molecule has 150 valence electrons. The summed E-state index contributed by atoms with van der Waals surface area (Å²) in [6.45, 7) is 1.82. The maximum absolute atomic E-state index is 13.4. The Morgan fingerprint density at radius 3 is 2.70 bits per heavy atom. The largest absolute Gasteiger partial charge is 0.495 e. The number of nitriles is 1. The molecule has 1 aromatic heterocycles. The van der Waals surface area contributed by atoms with E-state index in [-0.39, 0.29) is 5.91 Å². The maximum Gasteiger partial charge on any atom is 0.255 e. The van der Waals surface area contributed by atoms with Gasteiger partial charge in [-0.15, -0.1) is 0 Å². The second-order valence-corrected chi connectivity index (χ2v) is 7.65. The molecule has 8 heteroatoms. The highest BCUT2D eigenvalue weighted by Crippen LogP contribution is 2.38. The average molecular weight is 464 g/mol. The predicted molar refractivity (Wildman–Crippen MR) is 117 cm³/mol. The summed E-state index contributed by atoms with van der Waals surface area (Å²) in [5, 5.41) is 19.9. The molecule has 2 N–H and O–H groups in total. The van der Waals surface area contributed by atoms with Crippen LogP contribution in [0.15, 0.2) is 70.5 Å². The molecule has 0 bridgehead atoms. The molecule has 0 fully saturated rings. The van der Waals surface area contributed by atoms with Gasteiger partial charge in [0.15, 0.2) is 0 Å². The van der Waals surface area contributed by atoms with Crippen LogP contribution in [0.2, 0.25) is 0 Å². The number of carbonyl (C=O) groups excluding carboxylic acids is 1. The van der Waals surface area contributed by atoms with E-state index < -0.39 is 6.04 Å². The summed E-state index contributed by atoms with van der Waals surface area (Å²) < 4.78 is 7.96. The molecule has 0 unspecified atom stereocenters. The number of anilines is 2. The minimum atomic E-state index is -0.494. The quantitative estimate of drug-likeness (QED) is 0.595. The van der Waals surface area contributed by atoms with Gasteiger partial charge in [-0.25, -0.2) is 4.68 Å². The van der Waals surface area contributed by atoms with Crippen LogP contribution in [-0.4, -0.2) is 22.8 Å². The van der Waals surface area contributed by atoms with Crippen molar-refractivity contribution in [2.45, 2.75) is 13.0 Å². The van der Waals surface area contributed by atoms with E-state index in [0.717, 1.165) is 10.0 Å². The van der Waals surface area contributed by atoms with Gasteiger partial charge >= 0.3 is 0 Å². The summed E-state index contributed by atoms with van der Waals surface area (Å²) in [5.74, 6) is 0.855. The minimum absolute atomic E-state index is 0.280. The van der Waals surface area contributed by atoms with Crippen LogP contribution in [0.4, 0.5) is 11.5 Å². The minimum Gasteiger partial charge on any atom is -0.495 e. The smallest absolute Gasteiger partial charge is 0.255 e. The molecule has 0 saturated heterocycles. The van der Waals surface area contributed by atoms with Gasteiger partial charge in [-0.3, -0.25) is 4.79 Å². The number of ether oxygens (including phenoxy) is 1. The number of aromatic nitrogens is 2. The van der Waals surface area contributed by atoms with Gasteiger partial charge in [-0.1, -0.05) is 40.2 Å². The molecule has 1 atom stereocenters. The molecule has 0 spiro atoms. The van der Waals surface area contributed by atoms with Crippen LogP contribution in [0.3, 0.4) is 0 Å². The molecule has 3 aromatic rings. The number of carbonyl (C=O) groups is 1. The lowest BCUT2D eigenvalue weighted by Crippen LogP contribution is -2.31. The highest BCUT2D eigenvalue weighted by molar-refractivity contribution is 9.10. The van der Waals surface area contributed by atoms with Crippen LogP contribution < -0.4 is 15.4 Å². The SMILES string of the molecule is COc1ccccc1NC(=O)C1=C(C)Nc2c(C#N)cnn2[C@H]1c1ccc(Br)cc1. The number of allylic oxidation sites excluding steroid dienone is 1. The van der Waals surface area contributed by atoms with E-state index in [2.05, 4.69) is 37.7 Å². The third kappa shape index (κ3) is 3.44. The molecule has 2 heterocycles. The van der Waals surface area contributed by atoms with Crippen LogP contribution in [0, 0.1) is 11.3 Å². The van der Waals surface area contributed by atoms with Gasteiger partial charge in [-0.2, -0.15) is 10.4 Å². The lowest BCUT2D eigenvalue weighted by molar-refractivity contribution is -0.113. The lowest BCUT2D eigenvalue weighted by Gasteiger charge is -2.30. The standard InChI is InChI=1S/C22H18BrN5O2/c1-13-19(22(29)27-17-5-3-4-6-18(17)30-2)20(14-7-9-16(23)10-8-14)28-21(26-13)15(11-24)12-25-28/h3-10,12,20,26H,1-2H3,(H,27,29)/t20-/m0/s1. The molecular weight excluding hydrogens is 446 g/mol. The number of hydrogen-bond donors (Lipinski definition) is 2. The molecular formula is C22H18BrN5O2. The Hall–Kier alpha value is -3.57. The van der Waals surface area contributed by atoms with Crippen molar-refractivity contribution < 1.29 is 9.53 Å². The lowest BCUT2D eigenvalue weighted by atomic mass is 9.94. The number of benzene rings is 2. The van der Waals surface area contributed by atoms with Gasteiger partial charge in [0.25, 0.3) is 5.91 Å². The van der Waals surface area contributed by atoms with Gasteiger partial charge in [0.2, 0.25) is 0 Å². The van der Waals surface area contributed by atoms with Gasteiger partial charge in [0.05, 0.1) is 24.6 Å². The van der Waals surface area contributed by atoms with Gasteiger partial charge in [0, 0.05) is 10.2 Å². The van der Waals surface area contributed by atoms with Crippen molar-refractivity contribution in [1.82, 2.24) is 9.78 Å². The maximum atomic E-state index is 13.4. The summed E-state index contributed by atoms with van der Waals surface area (Å²) in [4.78, 5) is 13.4. The van der Waals surface area contributed by atoms with Crippen LogP contribution >= 0.6 is 15.9 Å². The zero-order chi connectivity index (χ0) is 21.3. The molecule has 4 rings (SSSR count). The van der Waals surface area contributed by atoms with E-state index in [9.17, 15) is 10.1 Å². The topological polar surface area (TPSA) is 92.0 Å². The number of methoxy groups -OCH3 is 1. The normalized spacial score (nSPS) is 15.1. The van der Waals surface area contributed by atoms with Gasteiger partial charge in [-0.05, 0) is 36.8 Å². The van der Waals surface area contributed by atoms with Crippen LogP contribution in [0.1, 0.15) is 24.1 Å². The highest BCUT2D eigenvalue weighted by Gasteiger charge is 2.34. The zero-order valence-corrected chi connectivity index (χ0v) is 17.9. The summed E-state index contributed by atoms with van der Waals surface area (Å²) >= 11 is 3.45. The number of nitrogens with one attached hydrogen (secondary N) is 2. The first-order valence-electron chi connectivity index (χ1n) is 9.18. The first kappa shape index (κ1) is 19.7. The van der Waals surface area contributed by atoms with Crippen LogP contribution in [0.5, 0.6) is 5.75 Å². The monoisotopic (exact) mass is 463 g/mol. The summed E-state index contributed by atoms with van der Waals surface area (Å²) in [6, 6.07) is 16.6. The first-order chi connectivity index (χ1) is 14.5. The Morgan fingerprint density at radius 1 is 1.27 bits per heavy atom. The number of halogens is 1. The van der Waals surface area contributed by atoms with Crippen molar-refractivity contribution in [3.63, 3.8) is 0 Å². The molecule has 2 aromatic carbocycles. The Labute approximate surface area is 182 Å². The fourth-order valence-corrected chi connectivity index (χ4v) is 3.79. The predicted octanol–water partition coefficient (Wildman–Crippen LogP) is 4.45. The van der Waals surface area contributed by atoms with E-state index in [4.69, 9.17) is 4.74 Å². The van der Waals surface area contributed by atoms with Crippen molar-refractivity contribution in [2.75, 3.05) is 17.7 Å². The van der Waals surface area contributed by atoms with Crippen molar-refractivity contribution >= 4 is 33.3 Å². The Bertz CT molecular complexity index is 1190. The number of rotatable bonds is 4. The molecule has 7 nitrogen and oxygen atoms in total. The van der Waals surface area contributed by atoms with E-state index in [1.165, 1.54) is 6.20 Å². The van der Waals surface area contributed by atoms with Gasteiger partial charge < -0.3 is 15.4 Å². The number of hydrogen-bond acceptors (Lipinski definition) is 5. The number of nitrogens with zero attached hydrogens (tertiary/aromatic N) is 3. The molecule has 30 heavy (non-hydrogen) atoms. The third-order valence-corrected chi connectivity index (χ3v) is 5.46. The molecule has 1 aliphatic heterocycles. The van der Waals surface area contributed by atoms with Crippen molar-refractivity contribution in [3.8, 4) is 11.8 Å². The molecule has 1 amide bonds. The Morgan fingerprint density at radius 2 is 2.00 bits per heavy atom. The molecule has 0 saturated carbocycles. The Balaban J connectivity index is 1.81. The van der Waals surface area contributed by atoms with E-state index in [1.807, 2.05) is 43.3 Å². The summed E-state index contributed by atoms with van der Waals surface area (Å²) in [7, 11) is 1.56. The number of fused-ring (bicyclic) bond motifs is 1. The van der Waals surface area contributed by atoms with Crippen molar-refractivity contribution in [2.24, 2.45) is 0 Å². The fourth-order valence-electron chi connectivity index (χ4n) is 3.52. The summed E-state index contributed by atoms with van der Waals surface area (Å²) in [5.41, 5.74) is 3.02.